The van der Waals surface area contributed by atoms with Gasteiger partial charge in [-0.1, -0.05) is 0 Å². The Morgan fingerprint density at radius 2 is 1.91 bits per heavy atom. The predicted molar refractivity (Wildman–Crippen MR) is 130 cm³/mol. The third kappa shape index (κ3) is 4.86. The van der Waals surface area contributed by atoms with Crippen LogP contribution in [-0.4, -0.2) is 59.1 Å². The van der Waals surface area contributed by atoms with E-state index in [1.165, 1.54) is 0 Å². The van der Waals surface area contributed by atoms with Crippen molar-refractivity contribution in [3.63, 3.8) is 0 Å². The van der Waals surface area contributed by atoms with Gasteiger partial charge in [0.2, 0.25) is 0 Å². The molecule has 1 N–H and O–H groups in total. The zero-order valence-corrected chi connectivity index (χ0v) is 20.8. The Labute approximate surface area is 196 Å². The summed E-state index contributed by atoms with van der Waals surface area (Å²) in [5.41, 5.74) is 0.565. The minimum Gasteiger partial charge on any atom is -0.443 e. The fourth-order valence-corrected chi connectivity index (χ4v) is 4.16. The molecule has 1 atom stereocenters. The van der Waals surface area contributed by atoms with Crippen molar-refractivity contribution >= 4 is 35.4 Å². The summed E-state index contributed by atoms with van der Waals surface area (Å²) in [6.07, 6.45) is 4.95. The highest BCUT2D eigenvalue weighted by Gasteiger charge is 2.52. The first kappa shape index (κ1) is 23.9. The molecule has 8 nitrogen and oxygen atoms in total. The Morgan fingerprint density at radius 1 is 1.21 bits per heavy atom. The lowest BCUT2D eigenvalue weighted by atomic mass is 9.83. The second-order valence-electron chi connectivity index (χ2n) is 10.9. The summed E-state index contributed by atoms with van der Waals surface area (Å²) >= 11 is 0. The number of nitrogens with one attached hydrogen (secondary N) is 1. The van der Waals surface area contributed by atoms with Crippen molar-refractivity contribution in [3.05, 3.63) is 24.5 Å². The zero-order valence-electron chi connectivity index (χ0n) is 20.8. The van der Waals surface area contributed by atoms with E-state index in [-0.39, 0.29) is 12.1 Å². The van der Waals surface area contributed by atoms with Crippen molar-refractivity contribution in [2.75, 3.05) is 18.0 Å². The molecule has 4 rings (SSSR count). The van der Waals surface area contributed by atoms with Gasteiger partial charge in [0.1, 0.15) is 5.60 Å². The Balaban J connectivity index is 1.77. The van der Waals surface area contributed by atoms with Crippen LogP contribution in [0.4, 0.5) is 10.5 Å². The number of aromatic nitrogens is 2. The molecule has 2 saturated heterocycles. The summed E-state index contributed by atoms with van der Waals surface area (Å²) in [5.74, 6) is 0. The number of fused-ring (bicyclic) bond motifs is 1. The van der Waals surface area contributed by atoms with Gasteiger partial charge in [0.25, 0.3) is 0 Å². The fraction of sp³-hybridized carbons (Fsp3) is 0.625. The van der Waals surface area contributed by atoms with Crippen molar-refractivity contribution in [2.45, 2.75) is 84.2 Å². The standard InChI is InChI=1S/C24H35BN4O4/c1-22(2,3)31-21(30)29(16-9-8-11-26-14-16)19-10-12-27-18-15-28-20(13-17(18)19)25-32-23(4,5)24(6,7)33-25/h10,12-13,15-16,26H,8-9,11,14H2,1-7H3. The minimum absolute atomic E-state index is 0.0207. The van der Waals surface area contributed by atoms with E-state index in [1.54, 1.807) is 17.3 Å². The average molecular weight is 454 g/mol. The summed E-state index contributed by atoms with van der Waals surface area (Å²) in [6, 6.07) is 3.77. The molecule has 0 spiro atoms. The van der Waals surface area contributed by atoms with Crippen molar-refractivity contribution in [1.29, 1.82) is 0 Å². The van der Waals surface area contributed by atoms with Gasteiger partial charge in [-0.2, -0.15) is 0 Å². The van der Waals surface area contributed by atoms with Crippen LogP contribution in [0.25, 0.3) is 10.9 Å². The van der Waals surface area contributed by atoms with E-state index in [9.17, 15) is 4.79 Å². The number of ether oxygens (including phenoxy) is 1. The lowest BCUT2D eigenvalue weighted by Gasteiger charge is -2.36. The minimum atomic E-state index is -0.602. The molecule has 33 heavy (non-hydrogen) atoms. The van der Waals surface area contributed by atoms with Gasteiger partial charge >= 0.3 is 13.2 Å². The molecule has 9 heteroatoms. The number of anilines is 1. The first-order valence-corrected chi connectivity index (χ1v) is 11.7. The number of hydrogen-bond donors (Lipinski definition) is 1. The highest BCUT2D eigenvalue weighted by Crippen LogP contribution is 2.37. The number of piperidine rings is 1. The fourth-order valence-electron chi connectivity index (χ4n) is 4.16. The molecule has 2 aliphatic heterocycles. The second kappa shape index (κ2) is 8.53. The van der Waals surface area contributed by atoms with Crippen molar-refractivity contribution in [2.24, 2.45) is 0 Å². The maximum absolute atomic E-state index is 13.4. The molecular weight excluding hydrogens is 419 g/mol. The molecule has 2 aromatic heterocycles. The van der Waals surface area contributed by atoms with Crippen LogP contribution in [0.1, 0.15) is 61.3 Å². The number of rotatable bonds is 3. The molecule has 0 bridgehead atoms. The maximum Gasteiger partial charge on any atom is 0.514 e. The lowest BCUT2D eigenvalue weighted by Crippen LogP contribution is -2.50. The molecule has 1 unspecified atom stereocenters. The number of hydrogen-bond acceptors (Lipinski definition) is 7. The van der Waals surface area contributed by atoms with E-state index in [2.05, 4.69) is 15.3 Å². The van der Waals surface area contributed by atoms with Crippen LogP contribution in [0.2, 0.25) is 0 Å². The van der Waals surface area contributed by atoms with E-state index < -0.39 is 23.9 Å². The van der Waals surface area contributed by atoms with Gasteiger partial charge in [-0.3, -0.25) is 14.9 Å². The highest BCUT2D eigenvalue weighted by molar-refractivity contribution is 6.61. The molecule has 1 amide bonds. The largest absolute Gasteiger partial charge is 0.514 e. The number of carbonyl (C=O) groups excluding carboxylic acids is 1. The molecule has 0 aliphatic carbocycles. The van der Waals surface area contributed by atoms with Gasteiger partial charge < -0.3 is 19.4 Å². The summed E-state index contributed by atoms with van der Waals surface area (Å²) in [7, 11) is -0.598. The Morgan fingerprint density at radius 3 is 2.52 bits per heavy atom. The smallest absolute Gasteiger partial charge is 0.443 e. The van der Waals surface area contributed by atoms with Crippen LogP contribution in [0, 0.1) is 0 Å². The molecule has 0 aromatic carbocycles. The number of carbonyl (C=O) groups is 1. The van der Waals surface area contributed by atoms with E-state index in [1.807, 2.05) is 60.6 Å². The van der Waals surface area contributed by atoms with Crippen LogP contribution in [0.5, 0.6) is 0 Å². The first-order valence-electron chi connectivity index (χ1n) is 11.7. The Hall–Kier alpha value is -2.23. The predicted octanol–water partition coefficient (Wildman–Crippen LogP) is 3.42. The van der Waals surface area contributed by atoms with Gasteiger partial charge in [-0.25, -0.2) is 4.79 Å². The SMILES string of the molecule is CC(C)(C)OC(=O)N(c1ccnc2cnc(B3OC(C)(C)C(C)(C)O3)cc12)C1CCCNC1. The summed E-state index contributed by atoms with van der Waals surface area (Å²) in [5, 5.41) is 4.22. The van der Waals surface area contributed by atoms with E-state index >= 15 is 0 Å². The van der Waals surface area contributed by atoms with Crippen LogP contribution in [0.15, 0.2) is 24.5 Å². The number of nitrogens with zero attached hydrogens (tertiary/aromatic N) is 3. The van der Waals surface area contributed by atoms with E-state index in [0.29, 0.717) is 17.7 Å². The van der Waals surface area contributed by atoms with Crippen LogP contribution in [0.3, 0.4) is 0 Å². The van der Waals surface area contributed by atoms with Crippen LogP contribution in [-0.2, 0) is 14.0 Å². The lowest BCUT2D eigenvalue weighted by molar-refractivity contribution is 0.00578. The maximum atomic E-state index is 13.4. The van der Waals surface area contributed by atoms with Crippen molar-refractivity contribution in [1.82, 2.24) is 15.3 Å². The van der Waals surface area contributed by atoms with Crippen molar-refractivity contribution < 1.29 is 18.8 Å². The van der Waals surface area contributed by atoms with Crippen molar-refractivity contribution in [3.8, 4) is 0 Å². The van der Waals surface area contributed by atoms with E-state index in [0.717, 1.165) is 30.5 Å². The average Bonchev–Trinajstić information content (AvgIpc) is 2.94. The molecule has 4 heterocycles. The first-order chi connectivity index (χ1) is 15.4. The Kier molecular flexibility index (Phi) is 6.18. The monoisotopic (exact) mass is 454 g/mol. The molecule has 178 valence electrons. The molecule has 2 aromatic rings. The van der Waals surface area contributed by atoms with Gasteiger partial charge in [-0.05, 0) is 80.0 Å². The quantitative estimate of drug-likeness (QED) is 0.712. The molecule has 0 saturated carbocycles. The molecule has 0 radical (unpaired) electrons. The van der Waals surface area contributed by atoms with E-state index in [4.69, 9.17) is 14.0 Å². The number of pyridine rings is 2. The van der Waals surface area contributed by atoms with Crippen LogP contribution < -0.4 is 15.8 Å². The van der Waals surface area contributed by atoms with Gasteiger partial charge in [0.15, 0.2) is 0 Å². The molecule has 2 fully saturated rings. The molecular formula is C24H35BN4O4. The Bertz CT molecular complexity index is 1010. The zero-order chi connectivity index (χ0) is 24.0. The second-order valence-corrected chi connectivity index (χ2v) is 10.9. The van der Waals surface area contributed by atoms with Gasteiger partial charge in [0, 0.05) is 18.1 Å². The summed E-state index contributed by atoms with van der Waals surface area (Å²) < 4.78 is 18.2. The van der Waals surface area contributed by atoms with Crippen LogP contribution >= 0.6 is 0 Å². The number of amides is 1. The topological polar surface area (TPSA) is 85.8 Å². The molecule has 2 aliphatic rings. The van der Waals surface area contributed by atoms with Gasteiger partial charge in [-0.15, -0.1) is 0 Å². The normalized spacial score (nSPS) is 22.4. The third-order valence-electron chi connectivity index (χ3n) is 6.61. The highest BCUT2D eigenvalue weighted by atomic mass is 16.7. The summed E-state index contributed by atoms with van der Waals surface area (Å²) in [4.78, 5) is 24.2. The van der Waals surface area contributed by atoms with Gasteiger partial charge in [0.05, 0.1) is 40.2 Å². The third-order valence-corrected chi connectivity index (χ3v) is 6.61. The summed E-state index contributed by atoms with van der Waals surface area (Å²) in [6.45, 7) is 15.4.